The Balaban J connectivity index is 1.67. The van der Waals surface area contributed by atoms with E-state index >= 15 is 0 Å². The van der Waals surface area contributed by atoms with Crippen molar-refractivity contribution in [2.24, 2.45) is 23.5 Å². The lowest BCUT2D eigenvalue weighted by Gasteiger charge is -2.33. The van der Waals surface area contributed by atoms with E-state index in [4.69, 9.17) is 5.73 Å². The van der Waals surface area contributed by atoms with E-state index in [1.54, 1.807) is 0 Å². The van der Waals surface area contributed by atoms with Crippen LogP contribution in [-0.2, 0) is 4.79 Å². The van der Waals surface area contributed by atoms with Crippen LogP contribution < -0.4 is 11.1 Å². The molecule has 0 aromatic rings. The molecule has 0 bridgehead atoms. The van der Waals surface area contributed by atoms with Crippen molar-refractivity contribution < 1.29 is 4.79 Å². The molecule has 1 amide bonds. The van der Waals surface area contributed by atoms with Crippen LogP contribution >= 0.6 is 0 Å². The average Bonchev–Trinajstić information content (AvgIpc) is 2.44. The lowest BCUT2D eigenvalue weighted by atomic mass is 9.77. The normalized spacial score (nSPS) is 33.0. The average molecular weight is 281 g/mol. The molecule has 0 spiro atoms. The summed E-state index contributed by atoms with van der Waals surface area (Å²) in [6, 6.07) is 0.197. The number of hydrogen-bond acceptors (Lipinski definition) is 3. The zero-order valence-electron chi connectivity index (χ0n) is 13.1. The molecule has 1 saturated heterocycles. The first-order chi connectivity index (χ1) is 9.58. The van der Waals surface area contributed by atoms with Crippen molar-refractivity contribution in [2.45, 2.75) is 52.0 Å². The third-order valence-electron chi connectivity index (χ3n) is 5.30. The molecule has 3 unspecified atom stereocenters. The van der Waals surface area contributed by atoms with E-state index in [1.165, 1.54) is 25.9 Å². The van der Waals surface area contributed by atoms with Gasteiger partial charge in [0.1, 0.15) is 0 Å². The number of nitrogens with one attached hydrogen (secondary N) is 1. The third kappa shape index (κ3) is 4.19. The summed E-state index contributed by atoms with van der Waals surface area (Å²) in [6.07, 6.45) is 5.75. The maximum absolute atomic E-state index is 12.3. The van der Waals surface area contributed by atoms with Crippen LogP contribution in [0.1, 0.15) is 46.0 Å². The van der Waals surface area contributed by atoms with Gasteiger partial charge in [0.25, 0.3) is 0 Å². The van der Waals surface area contributed by atoms with Gasteiger partial charge in [0.15, 0.2) is 0 Å². The molecule has 1 heterocycles. The Kier molecular flexibility index (Phi) is 5.85. The first kappa shape index (κ1) is 15.8. The molecule has 0 radical (unpaired) electrons. The molecule has 2 rings (SSSR count). The maximum atomic E-state index is 12.3. The fraction of sp³-hybridized carbons (Fsp3) is 0.938. The van der Waals surface area contributed by atoms with Crippen LogP contribution in [0.25, 0.3) is 0 Å². The third-order valence-corrected chi connectivity index (χ3v) is 5.30. The first-order valence-corrected chi connectivity index (χ1v) is 8.33. The molecular weight excluding hydrogens is 250 g/mol. The predicted octanol–water partition coefficient (Wildman–Crippen LogP) is 1.60. The largest absolute Gasteiger partial charge is 0.355 e. The van der Waals surface area contributed by atoms with Gasteiger partial charge in [0.2, 0.25) is 5.91 Å². The molecule has 2 fully saturated rings. The highest BCUT2D eigenvalue weighted by atomic mass is 16.1. The molecule has 1 aliphatic heterocycles. The van der Waals surface area contributed by atoms with E-state index in [9.17, 15) is 4.79 Å². The summed E-state index contributed by atoms with van der Waals surface area (Å²) in [5.74, 6) is 1.53. The summed E-state index contributed by atoms with van der Waals surface area (Å²) in [7, 11) is 0. The van der Waals surface area contributed by atoms with Gasteiger partial charge in [-0.25, -0.2) is 0 Å². The molecule has 4 nitrogen and oxygen atoms in total. The molecule has 3 atom stereocenters. The Morgan fingerprint density at radius 3 is 2.60 bits per heavy atom. The molecule has 116 valence electrons. The summed E-state index contributed by atoms with van der Waals surface area (Å²) in [5.41, 5.74) is 6.08. The second kappa shape index (κ2) is 7.41. The molecule has 4 heteroatoms. The van der Waals surface area contributed by atoms with Crippen molar-refractivity contribution >= 4 is 5.91 Å². The molecule has 0 aromatic carbocycles. The van der Waals surface area contributed by atoms with Gasteiger partial charge in [-0.3, -0.25) is 4.79 Å². The number of nitrogens with zero attached hydrogens (tertiary/aromatic N) is 1. The van der Waals surface area contributed by atoms with E-state index in [2.05, 4.69) is 24.1 Å². The lowest BCUT2D eigenvalue weighted by molar-refractivity contribution is -0.127. The highest BCUT2D eigenvalue weighted by molar-refractivity contribution is 5.79. The van der Waals surface area contributed by atoms with Crippen molar-refractivity contribution in [2.75, 3.05) is 26.2 Å². The van der Waals surface area contributed by atoms with Gasteiger partial charge in [0.05, 0.1) is 0 Å². The molecule has 2 aliphatic rings. The minimum atomic E-state index is 0.125. The van der Waals surface area contributed by atoms with Gasteiger partial charge in [-0.05, 0) is 50.6 Å². The topological polar surface area (TPSA) is 58.4 Å². The molecule has 20 heavy (non-hydrogen) atoms. The van der Waals surface area contributed by atoms with Crippen LogP contribution in [0.4, 0.5) is 0 Å². The fourth-order valence-electron chi connectivity index (χ4n) is 3.52. The first-order valence-electron chi connectivity index (χ1n) is 8.33. The van der Waals surface area contributed by atoms with Crippen molar-refractivity contribution in [3.05, 3.63) is 0 Å². The van der Waals surface area contributed by atoms with Crippen molar-refractivity contribution in [1.82, 2.24) is 10.2 Å². The van der Waals surface area contributed by atoms with Crippen LogP contribution in [-0.4, -0.2) is 43.0 Å². The van der Waals surface area contributed by atoms with E-state index in [1.807, 2.05) is 0 Å². The van der Waals surface area contributed by atoms with E-state index in [0.29, 0.717) is 5.92 Å². The number of nitrogens with two attached hydrogens (primary N) is 1. The number of rotatable bonds is 4. The number of carbonyl (C=O) groups excluding carboxylic acids is 1. The summed E-state index contributed by atoms with van der Waals surface area (Å²) in [6.45, 7) is 8.59. The number of hydrogen-bond donors (Lipinski definition) is 2. The number of likely N-dealkylation sites (tertiary alicyclic amines) is 1. The van der Waals surface area contributed by atoms with E-state index in [0.717, 1.165) is 38.3 Å². The number of amides is 1. The number of carbonyl (C=O) groups is 1. The van der Waals surface area contributed by atoms with Gasteiger partial charge < -0.3 is 16.0 Å². The minimum absolute atomic E-state index is 0.125. The standard InChI is InChI=1S/C16H31N3O/c1-12-6-9-19(10-7-12)11-8-18-16(20)14-4-3-5-15(17)13(14)2/h12-15H,3-11,17H2,1-2H3,(H,18,20). The van der Waals surface area contributed by atoms with Crippen LogP contribution in [0.5, 0.6) is 0 Å². The summed E-state index contributed by atoms with van der Waals surface area (Å²) in [5, 5.41) is 3.13. The second-order valence-corrected chi connectivity index (χ2v) is 6.88. The molecular formula is C16H31N3O. The van der Waals surface area contributed by atoms with Gasteiger partial charge in [0, 0.05) is 25.0 Å². The molecule has 0 aromatic heterocycles. The zero-order chi connectivity index (χ0) is 14.5. The predicted molar refractivity (Wildman–Crippen MR) is 82.3 cm³/mol. The van der Waals surface area contributed by atoms with E-state index < -0.39 is 0 Å². The molecule has 3 N–H and O–H groups in total. The van der Waals surface area contributed by atoms with Crippen LogP contribution in [0.15, 0.2) is 0 Å². The van der Waals surface area contributed by atoms with Gasteiger partial charge in [-0.1, -0.05) is 20.3 Å². The van der Waals surface area contributed by atoms with Crippen molar-refractivity contribution in [3.8, 4) is 0 Å². The SMILES string of the molecule is CC1CCN(CCNC(=O)C2CCCC(N)C2C)CC1. The Hall–Kier alpha value is -0.610. The Labute approximate surface area is 123 Å². The Morgan fingerprint density at radius 1 is 1.20 bits per heavy atom. The van der Waals surface area contributed by atoms with Gasteiger partial charge >= 0.3 is 0 Å². The quantitative estimate of drug-likeness (QED) is 0.823. The molecule has 1 aliphatic carbocycles. The Bertz CT molecular complexity index is 313. The summed E-state index contributed by atoms with van der Waals surface area (Å²) < 4.78 is 0. The minimum Gasteiger partial charge on any atom is -0.355 e. The molecule has 1 saturated carbocycles. The van der Waals surface area contributed by atoms with Gasteiger partial charge in [-0.15, -0.1) is 0 Å². The summed E-state index contributed by atoms with van der Waals surface area (Å²) in [4.78, 5) is 14.7. The van der Waals surface area contributed by atoms with Crippen molar-refractivity contribution in [3.63, 3.8) is 0 Å². The smallest absolute Gasteiger partial charge is 0.223 e. The van der Waals surface area contributed by atoms with Crippen LogP contribution in [0.2, 0.25) is 0 Å². The fourth-order valence-corrected chi connectivity index (χ4v) is 3.52. The highest BCUT2D eigenvalue weighted by Gasteiger charge is 2.32. The van der Waals surface area contributed by atoms with Crippen LogP contribution in [0.3, 0.4) is 0 Å². The highest BCUT2D eigenvalue weighted by Crippen LogP contribution is 2.28. The summed E-state index contributed by atoms with van der Waals surface area (Å²) >= 11 is 0. The Morgan fingerprint density at radius 2 is 1.90 bits per heavy atom. The van der Waals surface area contributed by atoms with Gasteiger partial charge in [-0.2, -0.15) is 0 Å². The zero-order valence-corrected chi connectivity index (χ0v) is 13.1. The number of piperidine rings is 1. The maximum Gasteiger partial charge on any atom is 0.223 e. The van der Waals surface area contributed by atoms with E-state index in [-0.39, 0.29) is 17.9 Å². The lowest BCUT2D eigenvalue weighted by Crippen LogP contribution is -2.46. The van der Waals surface area contributed by atoms with Crippen molar-refractivity contribution in [1.29, 1.82) is 0 Å². The second-order valence-electron chi connectivity index (χ2n) is 6.88. The monoisotopic (exact) mass is 281 g/mol. The van der Waals surface area contributed by atoms with Crippen LogP contribution in [0, 0.1) is 17.8 Å².